The number of anilines is 1. The SMILES string of the molecule is C#CCNC(=O)CC(=O)N1CCC(=O)NCCN(c2snc(C)c2C#N)CC1. The lowest BCUT2D eigenvalue weighted by atomic mass is 10.2. The summed E-state index contributed by atoms with van der Waals surface area (Å²) in [6.07, 6.45) is 4.94. The number of amides is 3. The Morgan fingerprint density at radius 2 is 2.14 bits per heavy atom. The highest BCUT2D eigenvalue weighted by molar-refractivity contribution is 7.10. The molecule has 0 radical (unpaired) electrons. The lowest BCUT2D eigenvalue weighted by Gasteiger charge is -2.30. The van der Waals surface area contributed by atoms with Crippen LogP contribution < -0.4 is 15.5 Å². The van der Waals surface area contributed by atoms with Gasteiger partial charge in [0.05, 0.1) is 12.2 Å². The number of terminal acetylenes is 1. The Labute approximate surface area is 167 Å². The van der Waals surface area contributed by atoms with Gasteiger partial charge < -0.3 is 20.4 Å². The summed E-state index contributed by atoms with van der Waals surface area (Å²) >= 11 is 1.22. The number of aromatic nitrogens is 1. The molecule has 1 saturated heterocycles. The zero-order valence-corrected chi connectivity index (χ0v) is 16.5. The molecule has 0 unspecified atom stereocenters. The Hall–Kier alpha value is -3.11. The van der Waals surface area contributed by atoms with Crippen LogP contribution in [0.3, 0.4) is 0 Å². The van der Waals surface area contributed by atoms with E-state index in [0.29, 0.717) is 42.4 Å². The average Bonchev–Trinajstić information content (AvgIpc) is 3.05. The highest BCUT2D eigenvalue weighted by Crippen LogP contribution is 2.27. The van der Waals surface area contributed by atoms with Crippen LogP contribution in [0, 0.1) is 30.6 Å². The number of rotatable bonds is 4. The molecule has 1 aliphatic heterocycles. The van der Waals surface area contributed by atoms with Crippen LogP contribution in [-0.4, -0.2) is 66.3 Å². The monoisotopic (exact) mass is 402 g/mol. The molecular formula is C18H22N6O3S. The van der Waals surface area contributed by atoms with E-state index in [1.165, 1.54) is 16.4 Å². The molecule has 1 aromatic heterocycles. The number of nitrogens with zero attached hydrogens (tertiary/aromatic N) is 4. The first kappa shape index (κ1) is 21.2. The molecule has 148 valence electrons. The van der Waals surface area contributed by atoms with Crippen molar-refractivity contribution in [3.8, 4) is 18.4 Å². The smallest absolute Gasteiger partial charge is 0.232 e. The van der Waals surface area contributed by atoms with Crippen LogP contribution in [0.4, 0.5) is 5.00 Å². The van der Waals surface area contributed by atoms with Crippen molar-refractivity contribution in [2.75, 3.05) is 44.2 Å². The molecule has 1 aliphatic rings. The quantitative estimate of drug-likeness (QED) is 0.523. The van der Waals surface area contributed by atoms with Gasteiger partial charge in [0.15, 0.2) is 0 Å². The molecule has 3 amide bonds. The second-order valence-corrected chi connectivity index (χ2v) is 6.94. The Balaban J connectivity index is 2.12. The summed E-state index contributed by atoms with van der Waals surface area (Å²) in [7, 11) is 0. The zero-order valence-electron chi connectivity index (χ0n) is 15.7. The van der Waals surface area contributed by atoms with Gasteiger partial charge in [0.25, 0.3) is 0 Å². The molecule has 10 heteroatoms. The highest BCUT2D eigenvalue weighted by Gasteiger charge is 2.23. The molecule has 0 aliphatic carbocycles. The molecule has 0 atom stereocenters. The predicted octanol–water partition coefficient (Wildman–Crippen LogP) is -0.382. The number of hydrogen-bond acceptors (Lipinski definition) is 7. The molecule has 1 fully saturated rings. The highest BCUT2D eigenvalue weighted by atomic mass is 32.1. The second kappa shape index (κ2) is 10.3. The van der Waals surface area contributed by atoms with E-state index in [1.54, 1.807) is 6.92 Å². The topological polar surface area (TPSA) is 118 Å². The summed E-state index contributed by atoms with van der Waals surface area (Å²) in [5.41, 5.74) is 1.15. The van der Waals surface area contributed by atoms with E-state index < -0.39 is 5.91 Å². The molecular weight excluding hydrogens is 380 g/mol. The van der Waals surface area contributed by atoms with Crippen LogP contribution in [0.2, 0.25) is 0 Å². The summed E-state index contributed by atoms with van der Waals surface area (Å²) in [5, 5.41) is 15.4. The normalized spacial score (nSPS) is 15.2. The van der Waals surface area contributed by atoms with E-state index in [9.17, 15) is 19.6 Å². The Bertz CT molecular complexity index is 822. The summed E-state index contributed by atoms with van der Waals surface area (Å²) in [5.74, 6) is 1.29. The standard InChI is InChI=1S/C18H22N6O3S/c1-3-5-20-16(26)11-17(27)23-7-4-15(25)21-6-8-24(10-9-23)18-14(12-19)13(2)22-28-18/h1H,4-11H2,2H3,(H,20,26)(H,21,25). The largest absolute Gasteiger partial charge is 0.358 e. The van der Waals surface area contributed by atoms with E-state index >= 15 is 0 Å². The van der Waals surface area contributed by atoms with E-state index in [-0.39, 0.29) is 37.7 Å². The molecule has 1 aromatic rings. The van der Waals surface area contributed by atoms with Gasteiger partial charge in [0, 0.05) is 39.1 Å². The van der Waals surface area contributed by atoms with Gasteiger partial charge in [0.2, 0.25) is 17.7 Å². The summed E-state index contributed by atoms with van der Waals surface area (Å²) < 4.78 is 4.24. The van der Waals surface area contributed by atoms with Crippen molar-refractivity contribution in [1.29, 1.82) is 5.26 Å². The van der Waals surface area contributed by atoms with E-state index in [2.05, 4.69) is 27.0 Å². The molecule has 2 heterocycles. The number of carbonyl (C=O) groups is 3. The van der Waals surface area contributed by atoms with Crippen molar-refractivity contribution in [3.05, 3.63) is 11.3 Å². The van der Waals surface area contributed by atoms with Gasteiger partial charge in [-0.25, -0.2) is 0 Å². The van der Waals surface area contributed by atoms with Crippen molar-refractivity contribution in [2.45, 2.75) is 19.8 Å². The van der Waals surface area contributed by atoms with Gasteiger partial charge in [-0.3, -0.25) is 14.4 Å². The molecule has 9 nitrogen and oxygen atoms in total. The number of carbonyl (C=O) groups excluding carboxylic acids is 3. The second-order valence-electron chi connectivity index (χ2n) is 6.19. The number of hydrogen-bond donors (Lipinski definition) is 2. The first-order valence-electron chi connectivity index (χ1n) is 8.82. The van der Waals surface area contributed by atoms with Gasteiger partial charge in [-0.15, -0.1) is 6.42 Å². The maximum Gasteiger partial charge on any atom is 0.232 e. The molecule has 2 rings (SSSR count). The Morgan fingerprint density at radius 1 is 1.36 bits per heavy atom. The lowest BCUT2D eigenvalue weighted by molar-refractivity contribution is -0.136. The molecule has 0 aromatic carbocycles. The van der Waals surface area contributed by atoms with Crippen molar-refractivity contribution in [2.24, 2.45) is 0 Å². The van der Waals surface area contributed by atoms with Crippen LogP contribution in [0.1, 0.15) is 24.1 Å². The molecule has 28 heavy (non-hydrogen) atoms. The van der Waals surface area contributed by atoms with Crippen molar-refractivity contribution in [3.63, 3.8) is 0 Å². The summed E-state index contributed by atoms with van der Waals surface area (Å²) in [4.78, 5) is 39.7. The predicted molar refractivity (Wildman–Crippen MR) is 104 cm³/mol. The summed E-state index contributed by atoms with van der Waals surface area (Å²) in [6, 6.07) is 2.16. The van der Waals surface area contributed by atoms with Crippen LogP contribution in [0.5, 0.6) is 0 Å². The fourth-order valence-corrected chi connectivity index (χ4v) is 3.63. The van der Waals surface area contributed by atoms with Crippen LogP contribution in [0.15, 0.2) is 0 Å². The molecule has 0 spiro atoms. The molecule has 0 bridgehead atoms. The lowest BCUT2D eigenvalue weighted by Crippen LogP contribution is -2.46. The van der Waals surface area contributed by atoms with Crippen LogP contribution in [-0.2, 0) is 14.4 Å². The van der Waals surface area contributed by atoms with Gasteiger partial charge in [-0.05, 0) is 18.5 Å². The van der Waals surface area contributed by atoms with E-state index in [4.69, 9.17) is 6.42 Å². The minimum absolute atomic E-state index is 0.0595. The van der Waals surface area contributed by atoms with Crippen molar-refractivity contribution < 1.29 is 14.4 Å². The number of nitrogens with one attached hydrogen (secondary N) is 2. The maximum absolute atomic E-state index is 12.5. The van der Waals surface area contributed by atoms with Gasteiger partial charge in [0.1, 0.15) is 23.1 Å². The van der Waals surface area contributed by atoms with Gasteiger partial charge in [-0.1, -0.05) is 5.92 Å². The molecule has 2 N–H and O–H groups in total. The number of aryl methyl sites for hydroxylation is 1. The first-order chi connectivity index (χ1) is 13.5. The minimum atomic E-state index is -0.453. The fourth-order valence-electron chi connectivity index (χ4n) is 2.74. The van der Waals surface area contributed by atoms with E-state index in [1.807, 2.05) is 4.90 Å². The minimum Gasteiger partial charge on any atom is -0.358 e. The maximum atomic E-state index is 12.5. The molecule has 0 saturated carbocycles. The first-order valence-corrected chi connectivity index (χ1v) is 9.59. The fraction of sp³-hybridized carbons (Fsp3) is 0.500. The number of nitriles is 1. The summed E-state index contributed by atoms with van der Waals surface area (Å²) in [6.45, 7) is 3.76. The van der Waals surface area contributed by atoms with Gasteiger partial charge in [-0.2, -0.15) is 9.64 Å². The average molecular weight is 402 g/mol. The van der Waals surface area contributed by atoms with Crippen LogP contribution in [0.25, 0.3) is 0 Å². The van der Waals surface area contributed by atoms with E-state index in [0.717, 1.165) is 0 Å². The van der Waals surface area contributed by atoms with Crippen molar-refractivity contribution >= 4 is 34.3 Å². The zero-order chi connectivity index (χ0) is 20.5. The third kappa shape index (κ3) is 5.69. The third-order valence-corrected chi connectivity index (χ3v) is 5.25. The van der Waals surface area contributed by atoms with Gasteiger partial charge >= 0.3 is 0 Å². The van der Waals surface area contributed by atoms with Crippen molar-refractivity contribution in [1.82, 2.24) is 19.9 Å². The third-order valence-electron chi connectivity index (χ3n) is 4.25. The Kier molecular flexibility index (Phi) is 7.78. The Morgan fingerprint density at radius 3 is 2.86 bits per heavy atom. The van der Waals surface area contributed by atoms with Crippen LogP contribution >= 0.6 is 11.5 Å².